The Morgan fingerprint density at radius 2 is 2.12 bits per heavy atom. The van der Waals surface area contributed by atoms with Crippen molar-refractivity contribution in [1.82, 2.24) is 4.90 Å². The Bertz CT molecular complexity index is 574. The molecule has 5 heteroatoms. The zero-order valence-corrected chi connectivity index (χ0v) is 15.9. The lowest BCUT2D eigenvalue weighted by Gasteiger charge is -2.33. The summed E-state index contributed by atoms with van der Waals surface area (Å²) in [6.07, 6.45) is 4.22. The third-order valence-electron chi connectivity index (χ3n) is 4.48. The summed E-state index contributed by atoms with van der Waals surface area (Å²) in [5, 5.41) is 0.422. The van der Waals surface area contributed by atoms with Crippen LogP contribution in [-0.4, -0.2) is 37.1 Å². The van der Waals surface area contributed by atoms with Gasteiger partial charge < -0.3 is 14.4 Å². The van der Waals surface area contributed by atoms with Crippen LogP contribution in [-0.2, 0) is 0 Å². The lowest BCUT2D eigenvalue weighted by Crippen LogP contribution is -2.42. The first kappa shape index (κ1) is 18.9. The maximum atomic E-state index is 12.8. The first-order valence-corrected chi connectivity index (χ1v) is 9.13. The number of benzene rings is 1. The minimum absolute atomic E-state index is 0.0103. The summed E-state index contributed by atoms with van der Waals surface area (Å²) in [5.74, 6) is 1.59. The number of carbonyl (C=O) groups excluding carboxylic acids is 1. The molecule has 1 aromatic rings. The summed E-state index contributed by atoms with van der Waals surface area (Å²) in [7, 11) is 1.57. The first-order valence-electron chi connectivity index (χ1n) is 8.75. The Kier molecular flexibility index (Phi) is 6.79. The normalized spacial score (nSPS) is 17.9. The van der Waals surface area contributed by atoms with Crippen molar-refractivity contribution in [2.45, 2.75) is 52.5 Å². The molecule has 1 unspecified atom stereocenters. The molecule has 1 fully saturated rings. The number of amides is 1. The second-order valence-corrected chi connectivity index (χ2v) is 7.27. The number of rotatable bonds is 6. The van der Waals surface area contributed by atoms with Crippen LogP contribution in [0.25, 0.3) is 0 Å². The molecule has 1 heterocycles. The van der Waals surface area contributed by atoms with E-state index in [4.69, 9.17) is 21.1 Å². The molecule has 0 spiro atoms. The molecule has 1 aromatic carbocycles. The van der Waals surface area contributed by atoms with Gasteiger partial charge in [-0.05, 0) is 50.7 Å². The van der Waals surface area contributed by atoms with Crippen molar-refractivity contribution < 1.29 is 14.3 Å². The van der Waals surface area contributed by atoms with Gasteiger partial charge in [0.2, 0.25) is 0 Å². The third-order valence-corrected chi connectivity index (χ3v) is 4.76. The number of nitrogens with zero attached hydrogens (tertiary/aromatic N) is 1. The fourth-order valence-electron chi connectivity index (χ4n) is 2.95. The fourth-order valence-corrected chi connectivity index (χ4v) is 3.21. The standard InChI is InChI=1S/C19H28ClNO3/c1-13(2)8-10-24-18-16(20)11-15(12-17(18)23-4)19(22)21-9-6-5-7-14(21)3/h11-14H,5-10H2,1-4H3. The van der Waals surface area contributed by atoms with Gasteiger partial charge in [0.05, 0.1) is 18.7 Å². The van der Waals surface area contributed by atoms with Crippen LogP contribution in [0.3, 0.4) is 0 Å². The molecule has 4 nitrogen and oxygen atoms in total. The van der Waals surface area contributed by atoms with Crippen LogP contribution in [0.2, 0.25) is 5.02 Å². The maximum Gasteiger partial charge on any atom is 0.254 e. The Hall–Kier alpha value is -1.42. The Morgan fingerprint density at radius 3 is 2.75 bits per heavy atom. The van der Waals surface area contributed by atoms with Gasteiger partial charge in [0.15, 0.2) is 11.5 Å². The molecule has 0 aliphatic carbocycles. The summed E-state index contributed by atoms with van der Waals surface area (Å²) < 4.78 is 11.2. The van der Waals surface area contributed by atoms with Crippen LogP contribution in [0.15, 0.2) is 12.1 Å². The van der Waals surface area contributed by atoms with E-state index in [9.17, 15) is 4.79 Å². The zero-order valence-electron chi connectivity index (χ0n) is 15.1. The zero-order chi connectivity index (χ0) is 17.7. The monoisotopic (exact) mass is 353 g/mol. The van der Waals surface area contributed by atoms with Gasteiger partial charge in [-0.3, -0.25) is 4.79 Å². The number of hydrogen-bond acceptors (Lipinski definition) is 3. The average Bonchev–Trinajstić information content (AvgIpc) is 2.55. The van der Waals surface area contributed by atoms with Crippen LogP contribution < -0.4 is 9.47 Å². The van der Waals surface area contributed by atoms with Crippen molar-refractivity contribution in [2.24, 2.45) is 5.92 Å². The highest BCUT2D eigenvalue weighted by Crippen LogP contribution is 2.37. The van der Waals surface area contributed by atoms with Gasteiger partial charge in [-0.25, -0.2) is 0 Å². The van der Waals surface area contributed by atoms with Crippen LogP contribution in [0.1, 0.15) is 56.8 Å². The van der Waals surface area contributed by atoms with E-state index in [1.54, 1.807) is 19.2 Å². The molecule has 0 saturated carbocycles. The van der Waals surface area contributed by atoms with Crippen LogP contribution >= 0.6 is 11.6 Å². The third kappa shape index (κ3) is 4.56. The minimum atomic E-state index is 0.0103. The molecule has 134 valence electrons. The fraction of sp³-hybridized carbons (Fsp3) is 0.632. The van der Waals surface area contributed by atoms with Gasteiger partial charge in [0.1, 0.15) is 0 Å². The van der Waals surface area contributed by atoms with Crippen LogP contribution in [0.5, 0.6) is 11.5 Å². The summed E-state index contributed by atoms with van der Waals surface area (Å²) in [6, 6.07) is 3.69. The average molecular weight is 354 g/mol. The maximum absolute atomic E-state index is 12.8. The van der Waals surface area contributed by atoms with E-state index < -0.39 is 0 Å². The summed E-state index contributed by atoms with van der Waals surface area (Å²) >= 11 is 6.37. The minimum Gasteiger partial charge on any atom is -0.493 e. The van der Waals surface area contributed by atoms with E-state index in [1.807, 2.05) is 4.90 Å². The van der Waals surface area contributed by atoms with Crippen molar-refractivity contribution in [3.63, 3.8) is 0 Å². The first-order chi connectivity index (χ1) is 11.4. The summed E-state index contributed by atoms with van der Waals surface area (Å²) in [4.78, 5) is 14.7. The highest BCUT2D eigenvalue weighted by molar-refractivity contribution is 6.32. The van der Waals surface area contributed by atoms with E-state index in [0.29, 0.717) is 34.6 Å². The number of hydrogen-bond donors (Lipinski definition) is 0. The number of methoxy groups -OCH3 is 1. The summed E-state index contributed by atoms with van der Waals surface area (Å²) in [6.45, 7) is 7.75. The number of halogens is 1. The van der Waals surface area contributed by atoms with Crippen molar-refractivity contribution in [1.29, 1.82) is 0 Å². The topological polar surface area (TPSA) is 38.8 Å². The number of ether oxygens (including phenoxy) is 2. The second-order valence-electron chi connectivity index (χ2n) is 6.86. The molecule has 0 bridgehead atoms. The van der Waals surface area contributed by atoms with Gasteiger partial charge in [0.25, 0.3) is 5.91 Å². The Labute approximate surface area is 150 Å². The van der Waals surface area contributed by atoms with E-state index >= 15 is 0 Å². The number of likely N-dealkylation sites (tertiary alicyclic amines) is 1. The van der Waals surface area contributed by atoms with E-state index in [1.165, 1.54) is 6.42 Å². The molecule has 0 aromatic heterocycles. The van der Waals surface area contributed by atoms with Crippen molar-refractivity contribution in [3.8, 4) is 11.5 Å². The highest BCUT2D eigenvalue weighted by Gasteiger charge is 2.26. The number of carbonyl (C=O) groups is 1. The molecular weight excluding hydrogens is 326 g/mol. The molecule has 1 aliphatic heterocycles. The van der Waals surface area contributed by atoms with Crippen molar-refractivity contribution in [3.05, 3.63) is 22.7 Å². The molecule has 24 heavy (non-hydrogen) atoms. The largest absolute Gasteiger partial charge is 0.493 e. The Balaban J connectivity index is 2.19. The molecule has 1 aliphatic rings. The SMILES string of the molecule is COc1cc(C(=O)N2CCCCC2C)cc(Cl)c1OCCC(C)C. The number of piperidine rings is 1. The smallest absolute Gasteiger partial charge is 0.254 e. The van der Waals surface area contributed by atoms with Crippen molar-refractivity contribution in [2.75, 3.05) is 20.3 Å². The molecule has 1 atom stereocenters. The molecule has 1 saturated heterocycles. The van der Waals surface area contributed by atoms with E-state index in [-0.39, 0.29) is 11.9 Å². The van der Waals surface area contributed by atoms with Crippen LogP contribution in [0, 0.1) is 5.92 Å². The van der Waals surface area contributed by atoms with Gasteiger partial charge in [-0.15, -0.1) is 0 Å². The molecule has 2 rings (SSSR count). The van der Waals surface area contributed by atoms with E-state index in [0.717, 1.165) is 25.8 Å². The highest BCUT2D eigenvalue weighted by atomic mass is 35.5. The quantitative estimate of drug-likeness (QED) is 0.738. The molecule has 0 N–H and O–H groups in total. The van der Waals surface area contributed by atoms with Gasteiger partial charge in [-0.1, -0.05) is 25.4 Å². The predicted molar refractivity (Wildman–Crippen MR) is 97.3 cm³/mol. The van der Waals surface area contributed by atoms with Gasteiger partial charge >= 0.3 is 0 Å². The summed E-state index contributed by atoms with van der Waals surface area (Å²) in [5.41, 5.74) is 0.557. The van der Waals surface area contributed by atoms with Crippen molar-refractivity contribution >= 4 is 17.5 Å². The molecule has 1 amide bonds. The lowest BCUT2D eigenvalue weighted by molar-refractivity contribution is 0.0635. The van der Waals surface area contributed by atoms with Gasteiger partial charge in [-0.2, -0.15) is 0 Å². The van der Waals surface area contributed by atoms with Gasteiger partial charge in [0, 0.05) is 18.2 Å². The molecule has 0 radical (unpaired) electrons. The second kappa shape index (κ2) is 8.61. The Morgan fingerprint density at radius 1 is 1.38 bits per heavy atom. The van der Waals surface area contributed by atoms with E-state index in [2.05, 4.69) is 20.8 Å². The lowest BCUT2D eigenvalue weighted by atomic mass is 10.0. The predicted octanol–water partition coefficient (Wildman–Crippen LogP) is 4.79. The molecular formula is C19H28ClNO3. The van der Waals surface area contributed by atoms with Crippen LogP contribution in [0.4, 0.5) is 0 Å².